The molecule has 0 unspecified atom stereocenters. The Balaban J connectivity index is 1.19. The number of urea groups is 2. The van der Waals surface area contributed by atoms with Gasteiger partial charge in [0.2, 0.25) is 0 Å². The van der Waals surface area contributed by atoms with Crippen molar-refractivity contribution in [2.24, 2.45) is 11.8 Å². The molecule has 2 aliphatic carbocycles. The Hall–Kier alpha value is -2.76. The van der Waals surface area contributed by atoms with Crippen molar-refractivity contribution in [1.82, 2.24) is 16.0 Å². The number of hydrogen-bond donors (Lipinski definition) is 4. The van der Waals surface area contributed by atoms with Gasteiger partial charge in [-0.3, -0.25) is 0 Å². The van der Waals surface area contributed by atoms with Crippen molar-refractivity contribution in [3.63, 3.8) is 0 Å². The summed E-state index contributed by atoms with van der Waals surface area (Å²) >= 11 is 0. The molecule has 4 rings (SSSR count). The van der Waals surface area contributed by atoms with E-state index in [0.29, 0.717) is 6.04 Å². The maximum absolute atomic E-state index is 12.7. The van der Waals surface area contributed by atoms with Crippen molar-refractivity contribution in [3.8, 4) is 0 Å². The number of nitrogens with one attached hydrogen (secondary N) is 4. The number of carbonyl (C=O) groups excluding carboxylic acids is 2. The number of benzene rings is 2. The van der Waals surface area contributed by atoms with Crippen LogP contribution in [0.15, 0.2) is 36.4 Å². The average Bonchev–Trinajstić information content (AvgIpc) is 2.83. The average molecular weight is 451 g/mol. The van der Waals surface area contributed by atoms with Gasteiger partial charge in [0.25, 0.3) is 0 Å². The topological polar surface area (TPSA) is 82.3 Å². The van der Waals surface area contributed by atoms with Crippen LogP contribution in [0.2, 0.25) is 0 Å². The monoisotopic (exact) mass is 450 g/mol. The van der Waals surface area contributed by atoms with Crippen LogP contribution in [0.4, 0.5) is 15.3 Å². The maximum atomic E-state index is 12.7. The van der Waals surface area contributed by atoms with Crippen LogP contribution in [-0.4, -0.2) is 31.2 Å². The highest BCUT2D eigenvalue weighted by atomic mass is 16.2. The molecule has 0 spiro atoms. The summed E-state index contributed by atoms with van der Waals surface area (Å²) in [6.45, 7) is 2.10. The number of carbonyl (C=O) groups is 2. The second-order valence-electron chi connectivity index (χ2n) is 9.97. The summed E-state index contributed by atoms with van der Waals surface area (Å²) in [5, 5.41) is 14.2. The van der Waals surface area contributed by atoms with Gasteiger partial charge < -0.3 is 21.3 Å². The fourth-order valence-electron chi connectivity index (χ4n) is 5.72. The minimum atomic E-state index is -0.102. The standard InChI is InChI=1S/C27H38N4O2/c1-18-7-16-25(24-6-4-3-5-23(18)24)31-27(33)30-22-14-10-20(11-15-22)17-19-8-12-21(13-9-19)29-26(32)28-2/h3-7,16,19-22H,8-15,17H2,1-2H3,(H2,28,29,32)(H2,30,31,33). The van der Waals surface area contributed by atoms with Crippen molar-refractivity contribution >= 4 is 28.5 Å². The van der Waals surface area contributed by atoms with Crippen LogP contribution >= 0.6 is 0 Å². The van der Waals surface area contributed by atoms with E-state index < -0.39 is 0 Å². The first-order chi connectivity index (χ1) is 16.0. The number of fused-ring (bicyclic) bond motifs is 1. The second-order valence-corrected chi connectivity index (χ2v) is 9.97. The highest BCUT2D eigenvalue weighted by Crippen LogP contribution is 2.35. The van der Waals surface area contributed by atoms with E-state index in [9.17, 15) is 9.59 Å². The van der Waals surface area contributed by atoms with E-state index in [-0.39, 0.29) is 18.1 Å². The predicted octanol–water partition coefficient (Wildman–Crippen LogP) is 5.71. The summed E-state index contributed by atoms with van der Waals surface area (Å²) in [6, 6.07) is 12.7. The molecule has 0 bridgehead atoms. The van der Waals surface area contributed by atoms with Gasteiger partial charge in [-0.25, -0.2) is 9.59 Å². The van der Waals surface area contributed by atoms with Crippen molar-refractivity contribution < 1.29 is 9.59 Å². The van der Waals surface area contributed by atoms with Gasteiger partial charge in [0.15, 0.2) is 0 Å². The third-order valence-corrected chi connectivity index (χ3v) is 7.65. The first-order valence-electron chi connectivity index (χ1n) is 12.6. The molecule has 0 aliphatic heterocycles. The normalized spacial score (nSPS) is 25.3. The molecule has 2 fully saturated rings. The minimum absolute atomic E-state index is 0.0659. The van der Waals surface area contributed by atoms with Gasteiger partial charge >= 0.3 is 12.1 Å². The van der Waals surface area contributed by atoms with Gasteiger partial charge in [-0.1, -0.05) is 30.3 Å². The summed E-state index contributed by atoms with van der Waals surface area (Å²) in [7, 11) is 1.67. The molecule has 4 amide bonds. The summed E-state index contributed by atoms with van der Waals surface area (Å²) in [4.78, 5) is 24.2. The Morgan fingerprint density at radius 2 is 1.30 bits per heavy atom. The van der Waals surface area contributed by atoms with Crippen LogP contribution in [0.5, 0.6) is 0 Å². The molecule has 6 heteroatoms. The van der Waals surface area contributed by atoms with E-state index >= 15 is 0 Å². The highest BCUT2D eigenvalue weighted by molar-refractivity contribution is 6.02. The second kappa shape index (κ2) is 10.9. The zero-order chi connectivity index (χ0) is 23.2. The Kier molecular flexibility index (Phi) is 7.73. The van der Waals surface area contributed by atoms with Crippen LogP contribution in [0.25, 0.3) is 10.8 Å². The van der Waals surface area contributed by atoms with Crippen molar-refractivity contribution in [3.05, 3.63) is 42.0 Å². The Morgan fingerprint density at radius 1 is 0.758 bits per heavy atom. The lowest BCUT2D eigenvalue weighted by atomic mass is 9.75. The van der Waals surface area contributed by atoms with E-state index in [4.69, 9.17) is 0 Å². The third kappa shape index (κ3) is 6.18. The van der Waals surface area contributed by atoms with Crippen molar-refractivity contribution in [2.45, 2.75) is 76.8 Å². The molecule has 0 atom stereocenters. The van der Waals surface area contributed by atoms with E-state index in [1.807, 2.05) is 18.2 Å². The summed E-state index contributed by atoms with van der Waals surface area (Å²) in [6.07, 6.45) is 10.4. The Morgan fingerprint density at radius 3 is 1.88 bits per heavy atom. The fraction of sp³-hybridized carbons (Fsp3) is 0.556. The summed E-state index contributed by atoms with van der Waals surface area (Å²) < 4.78 is 0. The maximum Gasteiger partial charge on any atom is 0.319 e. The number of hydrogen-bond acceptors (Lipinski definition) is 2. The van der Waals surface area contributed by atoms with Crippen LogP contribution in [0.3, 0.4) is 0 Å². The first-order valence-corrected chi connectivity index (χ1v) is 12.6. The molecule has 33 heavy (non-hydrogen) atoms. The quantitative estimate of drug-likeness (QED) is 0.471. The molecule has 0 saturated heterocycles. The Labute approximate surface area is 197 Å². The van der Waals surface area contributed by atoms with Gasteiger partial charge in [-0.2, -0.15) is 0 Å². The molecule has 6 nitrogen and oxygen atoms in total. The number of amides is 4. The molecule has 0 aromatic heterocycles. The van der Waals surface area contributed by atoms with Gasteiger partial charge in [-0.05, 0) is 93.6 Å². The van der Waals surface area contributed by atoms with E-state index in [2.05, 4.69) is 46.4 Å². The predicted molar refractivity (Wildman–Crippen MR) is 135 cm³/mol. The summed E-state index contributed by atoms with van der Waals surface area (Å²) in [5.41, 5.74) is 2.08. The van der Waals surface area contributed by atoms with E-state index in [0.717, 1.165) is 48.6 Å². The van der Waals surface area contributed by atoms with Crippen LogP contribution in [0, 0.1) is 18.8 Å². The van der Waals surface area contributed by atoms with E-state index in [1.165, 1.54) is 43.1 Å². The molecule has 178 valence electrons. The van der Waals surface area contributed by atoms with Crippen LogP contribution in [0.1, 0.15) is 63.4 Å². The molecular formula is C27H38N4O2. The largest absolute Gasteiger partial charge is 0.341 e. The molecule has 4 N–H and O–H groups in total. The van der Waals surface area contributed by atoms with Crippen molar-refractivity contribution in [1.29, 1.82) is 0 Å². The number of aryl methyl sites for hydroxylation is 1. The van der Waals surface area contributed by atoms with Crippen LogP contribution < -0.4 is 21.3 Å². The zero-order valence-corrected chi connectivity index (χ0v) is 20.0. The lowest BCUT2D eigenvalue weighted by Gasteiger charge is -2.34. The van der Waals surface area contributed by atoms with Gasteiger partial charge in [0.1, 0.15) is 0 Å². The Bertz CT molecular complexity index is 960. The fourth-order valence-corrected chi connectivity index (χ4v) is 5.72. The summed E-state index contributed by atoms with van der Waals surface area (Å²) in [5.74, 6) is 1.54. The first kappa shape index (κ1) is 23.4. The molecule has 2 aromatic rings. The molecule has 0 heterocycles. The zero-order valence-electron chi connectivity index (χ0n) is 20.0. The van der Waals surface area contributed by atoms with Gasteiger partial charge in [0.05, 0.1) is 5.69 Å². The van der Waals surface area contributed by atoms with E-state index in [1.54, 1.807) is 7.05 Å². The molecule has 2 saturated carbocycles. The third-order valence-electron chi connectivity index (χ3n) is 7.65. The van der Waals surface area contributed by atoms with Crippen LogP contribution in [-0.2, 0) is 0 Å². The highest BCUT2D eigenvalue weighted by Gasteiger charge is 2.28. The lowest BCUT2D eigenvalue weighted by molar-refractivity contribution is 0.201. The smallest absolute Gasteiger partial charge is 0.319 e. The minimum Gasteiger partial charge on any atom is -0.341 e. The molecule has 2 aliphatic rings. The lowest BCUT2D eigenvalue weighted by Crippen LogP contribution is -2.42. The molecule has 2 aromatic carbocycles. The molecular weight excluding hydrogens is 412 g/mol. The SMILES string of the molecule is CNC(=O)NC1CCC(CC2CCC(NC(=O)Nc3ccc(C)c4ccccc34)CC2)CC1. The number of rotatable bonds is 5. The van der Waals surface area contributed by atoms with Gasteiger partial charge in [0, 0.05) is 24.5 Å². The number of anilines is 1. The van der Waals surface area contributed by atoms with Crippen molar-refractivity contribution in [2.75, 3.05) is 12.4 Å². The molecule has 0 radical (unpaired) electrons. The van der Waals surface area contributed by atoms with Gasteiger partial charge in [-0.15, -0.1) is 0 Å².